The van der Waals surface area contributed by atoms with Gasteiger partial charge in [0.1, 0.15) is 5.75 Å². The molecule has 0 N–H and O–H groups in total. The largest absolute Gasteiger partial charge is 0.493 e. The van der Waals surface area contributed by atoms with E-state index in [1.807, 2.05) is 12.1 Å². The summed E-state index contributed by atoms with van der Waals surface area (Å²) in [6.07, 6.45) is 2.41. The highest BCUT2D eigenvalue weighted by molar-refractivity contribution is 7.90. The molecule has 1 heterocycles. The third-order valence-corrected chi connectivity index (χ3v) is 6.53. The van der Waals surface area contributed by atoms with E-state index in [2.05, 4.69) is 36.1 Å². The van der Waals surface area contributed by atoms with E-state index >= 15 is 0 Å². The van der Waals surface area contributed by atoms with Crippen LogP contribution in [0.2, 0.25) is 0 Å². The van der Waals surface area contributed by atoms with E-state index in [1.54, 1.807) is 24.1 Å². The molecule has 0 fully saturated rings. The van der Waals surface area contributed by atoms with Crippen molar-refractivity contribution in [3.63, 3.8) is 0 Å². The summed E-state index contributed by atoms with van der Waals surface area (Å²) in [5.74, 6) is 1.86. The highest BCUT2D eigenvalue weighted by Gasteiger charge is 2.14. The van der Waals surface area contributed by atoms with Crippen molar-refractivity contribution < 1.29 is 22.5 Å². The number of rotatable bonds is 11. The predicted octanol–water partition coefficient (Wildman–Crippen LogP) is 4.12. The molecule has 0 aliphatic heterocycles. The average Bonchev–Trinajstić information content (AvgIpc) is 3.29. The van der Waals surface area contributed by atoms with Crippen LogP contribution in [0.4, 0.5) is 0 Å². The summed E-state index contributed by atoms with van der Waals surface area (Å²) in [5.41, 5.74) is 2.12. The zero-order chi connectivity index (χ0) is 24.7. The van der Waals surface area contributed by atoms with Gasteiger partial charge in [-0.3, -0.25) is 4.79 Å². The molecule has 8 nitrogen and oxygen atoms in total. The second-order valence-electron chi connectivity index (χ2n) is 8.55. The number of carbonyl (C=O) groups excluding carboxylic acids is 1. The smallest absolute Gasteiger partial charge is 0.227 e. The normalized spacial score (nSPS) is 11.6. The van der Waals surface area contributed by atoms with Gasteiger partial charge < -0.3 is 14.2 Å². The molecule has 2 aromatic carbocycles. The fourth-order valence-corrected chi connectivity index (χ4v) is 3.96. The molecule has 1 amide bonds. The third-order valence-electron chi connectivity index (χ3n) is 5.42. The lowest BCUT2D eigenvalue weighted by molar-refractivity contribution is -0.130. The number of nitrogens with zero attached hydrogens (tertiary/aromatic N) is 3. The van der Waals surface area contributed by atoms with E-state index in [4.69, 9.17) is 9.26 Å². The molecule has 3 aromatic rings. The molecule has 34 heavy (non-hydrogen) atoms. The number of sulfone groups is 1. The Morgan fingerprint density at radius 2 is 1.88 bits per heavy atom. The number of carbonyl (C=O) groups is 1. The Balaban J connectivity index is 1.41. The molecule has 0 saturated carbocycles. The van der Waals surface area contributed by atoms with Gasteiger partial charge in [-0.1, -0.05) is 49.3 Å². The molecule has 0 saturated heterocycles. The molecule has 0 unspecified atom stereocenters. The Morgan fingerprint density at radius 3 is 2.56 bits per heavy atom. The first-order valence-corrected chi connectivity index (χ1v) is 13.1. The molecule has 1 aromatic heterocycles. The maximum Gasteiger partial charge on any atom is 0.227 e. The summed E-state index contributed by atoms with van der Waals surface area (Å²) in [4.78, 5) is 18.7. The standard InChI is InChI=1S/C25H31N3O5S/c1-18(2)19-9-11-20(12-10-19)25-26-23(33-27-25)13-14-24(29)28(3)15-6-16-32-21-7-5-8-22(17-21)34(4,30)31/h5,7-12,17-18H,6,13-16H2,1-4H3. The van der Waals surface area contributed by atoms with Gasteiger partial charge >= 0.3 is 0 Å². The number of aromatic nitrogens is 2. The minimum atomic E-state index is -3.28. The zero-order valence-electron chi connectivity index (χ0n) is 20.0. The van der Waals surface area contributed by atoms with E-state index in [0.29, 0.717) is 49.4 Å². The van der Waals surface area contributed by atoms with Gasteiger partial charge in [0, 0.05) is 38.3 Å². The second-order valence-corrected chi connectivity index (χ2v) is 10.6. The number of amides is 1. The van der Waals surface area contributed by atoms with Gasteiger partial charge in [-0.25, -0.2) is 8.42 Å². The van der Waals surface area contributed by atoms with E-state index in [9.17, 15) is 13.2 Å². The number of benzene rings is 2. The maximum atomic E-state index is 12.4. The van der Waals surface area contributed by atoms with Crippen molar-refractivity contribution in [1.82, 2.24) is 15.0 Å². The fraction of sp³-hybridized carbons (Fsp3) is 0.400. The first-order chi connectivity index (χ1) is 16.1. The van der Waals surface area contributed by atoms with Crippen LogP contribution in [0.1, 0.15) is 44.1 Å². The summed E-state index contributed by atoms with van der Waals surface area (Å²) in [5, 5.41) is 4.03. The van der Waals surface area contributed by atoms with Crippen LogP contribution in [0.3, 0.4) is 0 Å². The van der Waals surface area contributed by atoms with Crippen LogP contribution >= 0.6 is 0 Å². The van der Waals surface area contributed by atoms with Gasteiger partial charge in [0.05, 0.1) is 11.5 Å². The molecule has 0 radical (unpaired) electrons. The summed E-state index contributed by atoms with van der Waals surface area (Å²) in [6, 6.07) is 14.4. The molecule has 0 spiro atoms. The van der Waals surface area contributed by atoms with Gasteiger partial charge in [0.15, 0.2) is 9.84 Å². The predicted molar refractivity (Wildman–Crippen MR) is 129 cm³/mol. The van der Waals surface area contributed by atoms with Crippen LogP contribution < -0.4 is 4.74 Å². The van der Waals surface area contributed by atoms with Crippen molar-refractivity contribution in [3.8, 4) is 17.1 Å². The van der Waals surface area contributed by atoms with Gasteiger partial charge in [-0.2, -0.15) is 4.98 Å². The van der Waals surface area contributed by atoms with E-state index in [-0.39, 0.29) is 17.2 Å². The van der Waals surface area contributed by atoms with Gasteiger partial charge in [-0.15, -0.1) is 0 Å². The van der Waals surface area contributed by atoms with E-state index in [1.165, 1.54) is 17.7 Å². The summed E-state index contributed by atoms with van der Waals surface area (Å²) >= 11 is 0. The second kappa shape index (κ2) is 11.3. The van der Waals surface area contributed by atoms with Gasteiger partial charge in [-0.05, 0) is 36.1 Å². The van der Waals surface area contributed by atoms with Gasteiger partial charge in [0.2, 0.25) is 17.6 Å². The molecule has 0 aliphatic rings. The number of aryl methyl sites for hydroxylation is 1. The highest BCUT2D eigenvalue weighted by atomic mass is 32.2. The lowest BCUT2D eigenvalue weighted by Crippen LogP contribution is -2.28. The van der Waals surface area contributed by atoms with E-state index in [0.717, 1.165) is 11.8 Å². The average molecular weight is 486 g/mol. The van der Waals surface area contributed by atoms with Crippen molar-refractivity contribution in [2.24, 2.45) is 0 Å². The Hall–Kier alpha value is -3.20. The van der Waals surface area contributed by atoms with Crippen molar-refractivity contribution in [3.05, 3.63) is 60.0 Å². The third kappa shape index (κ3) is 7.15. The lowest BCUT2D eigenvalue weighted by atomic mass is 10.0. The molecule has 0 bridgehead atoms. The van der Waals surface area contributed by atoms with Crippen molar-refractivity contribution >= 4 is 15.7 Å². The number of ether oxygens (including phenoxy) is 1. The van der Waals surface area contributed by atoms with Crippen LogP contribution in [0.15, 0.2) is 57.9 Å². The molecular formula is C25H31N3O5S. The lowest BCUT2D eigenvalue weighted by Gasteiger charge is -2.17. The fourth-order valence-electron chi connectivity index (χ4n) is 3.31. The molecule has 182 valence electrons. The quantitative estimate of drug-likeness (QED) is 0.376. The van der Waals surface area contributed by atoms with Crippen molar-refractivity contribution in [2.75, 3.05) is 26.5 Å². The summed E-state index contributed by atoms with van der Waals surface area (Å²) in [7, 11) is -1.54. The Bertz CT molecular complexity index is 1200. The summed E-state index contributed by atoms with van der Waals surface area (Å²) < 4.78 is 34.2. The Morgan fingerprint density at radius 1 is 1.15 bits per heavy atom. The highest BCUT2D eigenvalue weighted by Crippen LogP contribution is 2.21. The molecular weight excluding hydrogens is 454 g/mol. The first kappa shape index (κ1) is 25.4. The Kier molecular flexibility index (Phi) is 8.44. The number of hydrogen-bond donors (Lipinski definition) is 0. The minimum absolute atomic E-state index is 0.0277. The van der Waals surface area contributed by atoms with E-state index < -0.39 is 9.84 Å². The van der Waals surface area contributed by atoms with Crippen LogP contribution in [0.5, 0.6) is 5.75 Å². The Labute approximate surface area is 200 Å². The minimum Gasteiger partial charge on any atom is -0.493 e. The number of hydrogen-bond acceptors (Lipinski definition) is 7. The van der Waals surface area contributed by atoms with Crippen LogP contribution in [0, 0.1) is 0 Å². The van der Waals surface area contributed by atoms with Crippen LogP contribution in [-0.4, -0.2) is 55.8 Å². The van der Waals surface area contributed by atoms with Gasteiger partial charge in [0.25, 0.3) is 0 Å². The van der Waals surface area contributed by atoms with Crippen LogP contribution in [0.25, 0.3) is 11.4 Å². The van der Waals surface area contributed by atoms with Crippen LogP contribution in [-0.2, 0) is 21.1 Å². The molecule has 0 atom stereocenters. The first-order valence-electron chi connectivity index (χ1n) is 11.2. The van der Waals surface area contributed by atoms with Crippen molar-refractivity contribution in [1.29, 1.82) is 0 Å². The summed E-state index contributed by atoms with van der Waals surface area (Å²) in [6.45, 7) is 5.17. The SMILES string of the molecule is CC(C)c1ccc(-c2noc(CCC(=O)N(C)CCCOc3cccc(S(C)(=O)=O)c3)n2)cc1. The molecule has 3 rings (SSSR count). The maximum absolute atomic E-state index is 12.4. The molecule has 9 heteroatoms. The topological polar surface area (TPSA) is 103 Å². The monoisotopic (exact) mass is 485 g/mol. The zero-order valence-corrected chi connectivity index (χ0v) is 20.8. The van der Waals surface area contributed by atoms with Crippen molar-refractivity contribution in [2.45, 2.75) is 43.9 Å². The molecule has 0 aliphatic carbocycles.